The summed E-state index contributed by atoms with van der Waals surface area (Å²) >= 11 is 0. The number of rotatable bonds is 6. The quantitative estimate of drug-likeness (QED) is 0.711. The number of allylic oxidation sites excluding steroid dienone is 1. The predicted octanol–water partition coefficient (Wildman–Crippen LogP) is 3.41. The Labute approximate surface area is 124 Å². The maximum absolute atomic E-state index is 7.38. The van der Waals surface area contributed by atoms with Crippen LogP contribution < -0.4 is 15.8 Å². The number of hydrogen-bond acceptors (Lipinski definition) is 4. The van der Waals surface area contributed by atoms with Gasteiger partial charge in [-0.25, -0.2) is 0 Å². The number of benzene rings is 2. The van der Waals surface area contributed by atoms with Gasteiger partial charge in [-0.1, -0.05) is 36.4 Å². The Bertz CT molecular complexity index is 635. The molecular formula is C17H19N3O. The number of hydrogen-bond donors (Lipinski definition) is 3. The highest BCUT2D eigenvalue weighted by molar-refractivity contribution is 5.90. The van der Waals surface area contributed by atoms with Gasteiger partial charge < -0.3 is 21.2 Å². The van der Waals surface area contributed by atoms with Gasteiger partial charge in [0.15, 0.2) is 0 Å². The van der Waals surface area contributed by atoms with Gasteiger partial charge in [0.1, 0.15) is 11.5 Å². The third-order valence-corrected chi connectivity index (χ3v) is 2.80. The van der Waals surface area contributed by atoms with Crippen molar-refractivity contribution in [1.82, 2.24) is 5.32 Å². The van der Waals surface area contributed by atoms with Crippen molar-refractivity contribution >= 4 is 5.71 Å². The zero-order valence-corrected chi connectivity index (χ0v) is 12.0. The first-order valence-electron chi connectivity index (χ1n) is 6.72. The van der Waals surface area contributed by atoms with E-state index in [2.05, 4.69) is 5.32 Å². The van der Waals surface area contributed by atoms with Crippen molar-refractivity contribution in [2.45, 2.75) is 13.5 Å². The third kappa shape index (κ3) is 4.69. The van der Waals surface area contributed by atoms with Crippen molar-refractivity contribution in [2.24, 2.45) is 5.73 Å². The molecule has 4 nitrogen and oxygen atoms in total. The first-order valence-corrected chi connectivity index (χ1v) is 6.72. The summed E-state index contributed by atoms with van der Waals surface area (Å²) in [5, 5.41) is 10.5. The molecule has 0 aliphatic heterocycles. The SMILES string of the molecule is CC(=N)/C=C(/N)NCc1ccccc1Oc1ccccc1. The summed E-state index contributed by atoms with van der Waals surface area (Å²) in [6.07, 6.45) is 1.58. The fourth-order valence-corrected chi connectivity index (χ4v) is 1.85. The molecule has 0 saturated heterocycles. The number of para-hydroxylation sites is 2. The van der Waals surface area contributed by atoms with Gasteiger partial charge >= 0.3 is 0 Å². The van der Waals surface area contributed by atoms with Crippen LogP contribution >= 0.6 is 0 Å². The molecule has 0 atom stereocenters. The topological polar surface area (TPSA) is 71.1 Å². The van der Waals surface area contributed by atoms with E-state index < -0.39 is 0 Å². The second-order valence-corrected chi connectivity index (χ2v) is 4.66. The number of ether oxygens (including phenoxy) is 1. The molecule has 2 aromatic rings. The minimum absolute atomic E-state index is 0.411. The smallest absolute Gasteiger partial charge is 0.132 e. The van der Waals surface area contributed by atoms with Crippen LogP contribution in [0.3, 0.4) is 0 Å². The lowest BCUT2D eigenvalue weighted by atomic mass is 10.2. The Morgan fingerprint density at radius 1 is 1.14 bits per heavy atom. The zero-order chi connectivity index (χ0) is 15.1. The minimum atomic E-state index is 0.411. The molecule has 0 heterocycles. The first-order chi connectivity index (χ1) is 10.1. The van der Waals surface area contributed by atoms with Crippen LogP contribution in [-0.4, -0.2) is 5.71 Å². The predicted molar refractivity (Wildman–Crippen MR) is 85.5 cm³/mol. The Morgan fingerprint density at radius 3 is 2.52 bits per heavy atom. The zero-order valence-electron chi connectivity index (χ0n) is 12.0. The summed E-state index contributed by atoms with van der Waals surface area (Å²) in [4.78, 5) is 0. The van der Waals surface area contributed by atoms with Gasteiger partial charge in [-0.2, -0.15) is 0 Å². The van der Waals surface area contributed by atoms with E-state index in [-0.39, 0.29) is 0 Å². The average Bonchev–Trinajstić information content (AvgIpc) is 2.47. The third-order valence-electron chi connectivity index (χ3n) is 2.80. The van der Waals surface area contributed by atoms with Crippen LogP contribution in [0.4, 0.5) is 0 Å². The van der Waals surface area contributed by atoms with Gasteiger partial charge in [0.05, 0.1) is 5.82 Å². The molecule has 21 heavy (non-hydrogen) atoms. The van der Waals surface area contributed by atoms with Gasteiger partial charge in [0.2, 0.25) is 0 Å². The Balaban J connectivity index is 2.08. The maximum Gasteiger partial charge on any atom is 0.132 e. The molecular weight excluding hydrogens is 262 g/mol. The van der Waals surface area contributed by atoms with Gasteiger partial charge in [-0.05, 0) is 31.2 Å². The highest BCUT2D eigenvalue weighted by Crippen LogP contribution is 2.24. The van der Waals surface area contributed by atoms with Crippen LogP contribution in [0.25, 0.3) is 0 Å². The maximum atomic E-state index is 7.38. The molecule has 0 aliphatic rings. The highest BCUT2D eigenvalue weighted by atomic mass is 16.5. The second kappa shape index (κ2) is 7.14. The Morgan fingerprint density at radius 2 is 1.81 bits per heavy atom. The van der Waals surface area contributed by atoms with E-state index in [1.54, 1.807) is 13.0 Å². The number of nitrogens with two attached hydrogens (primary N) is 1. The van der Waals surface area contributed by atoms with Crippen molar-refractivity contribution < 1.29 is 4.74 Å². The van der Waals surface area contributed by atoms with Crippen LogP contribution in [0.5, 0.6) is 11.5 Å². The van der Waals surface area contributed by atoms with Crippen molar-refractivity contribution in [3.05, 3.63) is 72.1 Å². The van der Waals surface area contributed by atoms with E-state index in [1.165, 1.54) is 0 Å². The fourth-order valence-electron chi connectivity index (χ4n) is 1.85. The normalized spacial score (nSPS) is 11.0. The van der Waals surface area contributed by atoms with E-state index in [1.807, 2.05) is 54.6 Å². The summed E-state index contributed by atoms with van der Waals surface area (Å²) in [5.74, 6) is 2.05. The molecule has 108 valence electrons. The molecule has 0 saturated carbocycles. The van der Waals surface area contributed by atoms with E-state index in [4.69, 9.17) is 15.9 Å². The standard InChI is InChI=1S/C17H19N3O/c1-13(18)11-17(19)20-12-14-7-5-6-10-16(14)21-15-8-3-2-4-9-15/h2-11,18,20H,12,19H2,1H3/b17-11-,18-13?. The van der Waals surface area contributed by atoms with E-state index in [0.717, 1.165) is 17.1 Å². The first kappa shape index (κ1) is 14.7. The molecule has 0 aromatic heterocycles. The highest BCUT2D eigenvalue weighted by Gasteiger charge is 2.04. The lowest BCUT2D eigenvalue weighted by molar-refractivity contribution is 0.474. The molecule has 0 radical (unpaired) electrons. The average molecular weight is 281 g/mol. The Hall–Kier alpha value is -2.75. The van der Waals surface area contributed by atoms with Crippen LogP contribution in [0, 0.1) is 5.41 Å². The molecule has 0 fully saturated rings. The lowest BCUT2D eigenvalue weighted by Crippen LogP contribution is -2.20. The minimum Gasteiger partial charge on any atom is -0.457 e. The van der Waals surface area contributed by atoms with Crippen LogP contribution in [-0.2, 0) is 6.54 Å². The fraction of sp³-hybridized carbons (Fsp3) is 0.118. The van der Waals surface area contributed by atoms with Crippen LogP contribution in [0.2, 0.25) is 0 Å². The van der Waals surface area contributed by atoms with E-state index in [0.29, 0.717) is 18.1 Å². The van der Waals surface area contributed by atoms with Gasteiger partial charge in [0.25, 0.3) is 0 Å². The summed E-state index contributed by atoms with van der Waals surface area (Å²) < 4.78 is 5.88. The number of nitrogens with one attached hydrogen (secondary N) is 2. The molecule has 0 amide bonds. The lowest BCUT2D eigenvalue weighted by Gasteiger charge is -2.12. The molecule has 4 N–H and O–H groups in total. The molecule has 0 aliphatic carbocycles. The summed E-state index contributed by atoms with van der Waals surface area (Å²) in [6.45, 7) is 2.22. The largest absolute Gasteiger partial charge is 0.457 e. The van der Waals surface area contributed by atoms with E-state index in [9.17, 15) is 0 Å². The molecule has 0 spiro atoms. The second-order valence-electron chi connectivity index (χ2n) is 4.66. The molecule has 2 aromatic carbocycles. The Kier molecular flexibility index (Phi) is 4.99. The molecule has 4 heteroatoms. The molecule has 0 bridgehead atoms. The summed E-state index contributed by atoms with van der Waals surface area (Å²) in [7, 11) is 0. The van der Waals surface area contributed by atoms with Crippen molar-refractivity contribution in [1.29, 1.82) is 5.41 Å². The van der Waals surface area contributed by atoms with Crippen molar-refractivity contribution in [3.63, 3.8) is 0 Å². The summed E-state index contributed by atoms with van der Waals surface area (Å²) in [5.41, 5.74) is 7.20. The van der Waals surface area contributed by atoms with Crippen LogP contribution in [0.1, 0.15) is 12.5 Å². The van der Waals surface area contributed by atoms with E-state index >= 15 is 0 Å². The van der Waals surface area contributed by atoms with Gasteiger partial charge in [-0.15, -0.1) is 0 Å². The van der Waals surface area contributed by atoms with Gasteiger partial charge in [-0.3, -0.25) is 0 Å². The van der Waals surface area contributed by atoms with Crippen molar-refractivity contribution in [3.8, 4) is 11.5 Å². The van der Waals surface area contributed by atoms with Crippen molar-refractivity contribution in [2.75, 3.05) is 0 Å². The summed E-state index contributed by atoms with van der Waals surface area (Å²) in [6, 6.07) is 17.4. The molecule has 2 rings (SSSR count). The van der Waals surface area contributed by atoms with Gasteiger partial charge in [0, 0.05) is 17.8 Å². The van der Waals surface area contributed by atoms with Crippen LogP contribution in [0.15, 0.2) is 66.5 Å². The monoisotopic (exact) mass is 281 g/mol. The molecule has 0 unspecified atom stereocenters.